The molecule has 0 bridgehead atoms. The maximum atomic E-state index is 13.5. The van der Waals surface area contributed by atoms with Crippen molar-refractivity contribution in [1.82, 2.24) is 14.9 Å². The lowest BCUT2D eigenvalue weighted by molar-refractivity contribution is -0.174. The van der Waals surface area contributed by atoms with Crippen molar-refractivity contribution in [3.63, 3.8) is 0 Å². The number of nitrogens with zero attached hydrogens (tertiary/aromatic N) is 6. The first-order valence-electron chi connectivity index (χ1n) is 11.2. The van der Waals surface area contributed by atoms with Crippen LogP contribution in [0.5, 0.6) is 0 Å². The van der Waals surface area contributed by atoms with E-state index in [9.17, 15) is 4.79 Å². The maximum Gasteiger partial charge on any atom is 0.255 e. The van der Waals surface area contributed by atoms with Crippen molar-refractivity contribution in [3.8, 4) is 0 Å². The van der Waals surface area contributed by atoms with E-state index < -0.39 is 5.60 Å². The third-order valence-corrected chi connectivity index (χ3v) is 6.39. The van der Waals surface area contributed by atoms with Crippen LogP contribution in [0.4, 0.5) is 5.95 Å². The van der Waals surface area contributed by atoms with Crippen LogP contribution in [0.25, 0.3) is 0 Å². The number of aliphatic imine (C=N–C) groups is 2. The molecule has 2 fully saturated rings. The lowest BCUT2D eigenvalue weighted by Crippen LogP contribution is -2.61. The third-order valence-electron chi connectivity index (χ3n) is 6.39. The van der Waals surface area contributed by atoms with Gasteiger partial charge in [-0.1, -0.05) is 30.3 Å². The average Bonchev–Trinajstić information content (AvgIpc) is 3.26. The van der Waals surface area contributed by atoms with Crippen LogP contribution >= 0.6 is 0 Å². The normalized spacial score (nSPS) is 20.5. The lowest BCUT2D eigenvalue weighted by atomic mass is 9.88. The van der Waals surface area contributed by atoms with Gasteiger partial charge in [0.15, 0.2) is 0 Å². The minimum Gasteiger partial charge on any atom is -0.363 e. The van der Waals surface area contributed by atoms with E-state index in [4.69, 9.17) is 4.74 Å². The number of morpholine rings is 1. The van der Waals surface area contributed by atoms with Crippen molar-refractivity contribution in [1.29, 1.82) is 0 Å². The molecule has 1 aromatic heterocycles. The number of anilines is 1. The van der Waals surface area contributed by atoms with Gasteiger partial charge in [-0.15, -0.1) is 0 Å². The van der Waals surface area contributed by atoms with Crippen LogP contribution in [-0.2, 0) is 9.53 Å². The fraction of sp³-hybridized carbons (Fsp3) is 0.458. The highest BCUT2D eigenvalue weighted by Crippen LogP contribution is 2.32. The second-order valence-corrected chi connectivity index (χ2v) is 8.63. The Balaban J connectivity index is 1.27. The van der Waals surface area contributed by atoms with Gasteiger partial charge in [0.05, 0.1) is 24.6 Å². The van der Waals surface area contributed by atoms with Crippen LogP contribution in [0.3, 0.4) is 0 Å². The highest BCUT2D eigenvalue weighted by Gasteiger charge is 2.48. The van der Waals surface area contributed by atoms with Gasteiger partial charge in [0, 0.05) is 49.4 Å². The van der Waals surface area contributed by atoms with E-state index in [2.05, 4.69) is 24.9 Å². The Kier molecular flexibility index (Phi) is 5.46. The Morgan fingerprint density at radius 2 is 1.72 bits per heavy atom. The number of rotatable bonds is 4. The number of aromatic nitrogens is 2. The molecule has 3 aliphatic heterocycles. The fourth-order valence-electron chi connectivity index (χ4n) is 4.75. The smallest absolute Gasteiger partial charge is 0.255 e. The molecular weight excluding hydrogens is 404 g/mol. The van der Waals surface area contributed by atoms with Crippen LogP contribution in [0, 0.1) is 13.8 Å². The molecule has 32 heavy (non-hydrogen) atoms. The maximum absolute atomic E-state index is 13.5. The van der Waals surface area contributed by atoms with E-state index in [1.54, 1.807) is 0 Å². The molecule has 2 aromatic rings. The predicted octanol–water partition coefficient (Wildman–Crippen LogP) is 2.19. The molecule has 0 atom stereocenters. The van der Waals surface area contributed by atoms with Crippen LogP contribution in [-0.4, -0.2) is 77.3 Å². The van der Waals surface area contributed by atoms with E-state index >= 15 is 0 Å². The van der Waals surface area contributed by atoms with Crippen molar-refractivity contribution < 1.29 is 9.53 Å². The second kappa shape index (κ2) is 8.43. The summed E-state index contributed by atoms with van der Waals surface area (Å²) in [7, 11) is 0. The van der Waals surface area contributed by atoms with Crippen molar-refractivity contribution in [3.05, 3.63) is 53.3 Å². The van der Waals surface area contributed by atoms with Gasteiger partial charge < -0.3 is 14.5 Å². The molecule has 0 saturated carbocycles. The van der Waals surface area contributed by atoms with E-state index in [1.807, 2.05) is 55.1 Å². The number of carbonyl (C=O) groups excluding carboxylic acids is 1. The Labute approximate surface area is 188 Å². The summed E-state index contributed by atoms with van der Waals surface area (Å²) >= 11 is 0. The number of carbonyl (C=O) groups is 1. The highest BCUT2D eigenvalue weighted by molar-refractivity contribution is 6.50. The minimum atomic E-state index is -0.767. The molecule has 0 unspecified atom stereocenters. The van der Waals surface area contributed by atoms with Gasteiger partial charge in [-0.25, -0.2) is 9.97 Å². The summed E-state index contributed by atoms with van der Waals surface area (Å²) in [6, 6.07) is 12.0. The summed E-state index contributed by atoms with van der Waals surface area (Å²) in [5.41, 5.74) is 3.95. The van der Waals surface area contributed by atoms with E-state index in [-0.39, 0.29) is 5.91 Å². The van der Waals surface area contributed by atoms with Crippen molar-refractivity contribution in [2.75, 3.05) is 44.4 Å². The minimum absolute atomic E-state index is 0.0618. The van der Waals surface area contributed by atoms with E-state index in [1.165, 1.54) is 0 Å². The average molecular weight is 433 g/mol. The monoisotopic (exact) mass is 432 g/mol. The summed E-state index contributed by atoms with van der Waals surface area (Å²) in [6.45, 7) is 7.36. The summed E-state index contributed by atoms with van der Waals surface area (Å²) in [4.78, 5) is 35.9. The molecule has 1 amide bonds. The zero-order valence-electron chi connectivity index (χ0n) is 18.6. The molecule has 0 radical (unpaired) electrons. The number of hydrogen-bond acceptors (Lipinski definition) is 7. The third kappa shape index (κ3) is 3.90. The molecule has 3 aliphatic rings. The van der Waals surface area contributed by atoms with Crippen LogP contribution in [0.15, 0.2) is 46.4 Å². The zero-order chi connectivity index (χ0) is 22.1. The van der Waals surface area contributed by atoms with E-state index in [0.29, 0.717) is 52.3 Å². The fourth-order valence-corrected chi connectivity index (χ4v) is 4.75. The summed E-state index contributed by atoms with van der Waals surface area (Å²) in [5, 5.41) is 0. The Bertz CT molecular complexity index is 1050. The van der Waals surface area contributed by atoms with Crippen LogP contribution < -0.4 is 4.90 Å². The van der Waals surface area contributed by atoms with Gasteiger partial charge in [-0.05, 0) is 19.9 Å². The van der Waals surface area contributed by atoms with Crippen molar-refractivity contribution in [2.45, 2.75) is 32.3 Å². The topological polar surface area (TPSA) is 83.3 Å². The van der Waals surface area contributed by atoms with Gasteiger partial charge >= 0.3 is 0 Å². The first kappa shape index (κ1) is 20.8. The molecule has 1 aromatic carbocycles. The molecule has 0 aliphatic carbocycles. The molecule has 166 valence electrons. The number of hydrogen-bond donors (Lipinski definition) is 0. The first-order valence-corrected chi connectivity index (χ1v) is 11.2. The van der Waals surface area contributed by atoms with Crippen molar-refractivity contribution >= 4 is 23.3 Å². The quantitative estimate of drug-likeness (QED) is 0.740. The standard InChI is InChI=1S/C24H28N6O2/c1-17-14-18(2)28-23(27-17)29-10-8-24(9-11-29)22(31)30(12-13-32-24)15-20-21(26-16-25-20)19-6-4-3-5-7-19/h3-7,14H,8-13,15-16H2,1-2H3. The number of amides is 1. The molecule has 1 spiro atoms. The number of benzene rings is 1. The summed E-state index contributed by atoms with van der Waals surface area (Å²) in [5.74, 6) is 0.799. The molecule has 0 N–H and O–H groups in total. The molecule has 4 heterocycles. The number of piperidine rings is 1. The van der Waals surface area contributed by atoms with Gasteiger partial charge in [-0.2, -0.15) is 0 Å². The Morgan fingerprint density at radius 1 is 1.00 bits per heavy atom. The van der Waals surface area contributed by atoms with Gasteiger partial charge in [0.25, 0.3) is 5.91 Å². The largest absolute Gasteiger partial charge is 0.363 e. The first-order chi connectivity index (χ1) is 15.5. The van der Waals surface area contributed by atoms with Crippen LogP contribution in [0.2, 0.25) is 0 Å². The van der Waals surface area contributed by atoms with Gasteiger partial charge in [0.2, 0.25) is 5.95 Å². The van der Waals surface area contributed by atoms with Crippen molar-refractivity contribution in [2.24, 2.45) is 9.98 Å². The summed E-state index contributed by atoms with van der Waals surface area (Å²) < 4.78 is 6.13. The Hall–Kier alpha value is -3.13. The zero-order valence-corrected chi connectivity index (χ0v) is 18.6. The Morgan fingerprint density at radius 3 is 2.44 bits per heavy atom. The summed E-state index contributed by atoms with van der Waals surface area (Å²) in [6.07, 6.45) is 1.26. The second-order valence-electron chi connectivity index (χ2n) is 8.63. The molecular formula is C24H28N6O2. The SMILES string of the molecule is Cc1cc(C)nc(N2CCC3(CC2)OCCN(CC2=NCN=C2c2ccccc2)C3=O)n1. The highest BCUT2D eigenvalue weighted by atomic mass is 16.5. The lowest BCUT2D eigenvalue weighted by Gasteiger charge is -2.46. The predicted molar refractivity (Wildman–Crippen MR) is 123 cm³/mol. The number of aryl methyl sites for hydroxylation is 2. The molecule has 2 saturated heterocycles. The van der Waals surface area contributed by atoms with Gasteiger partial charge in [0.1, 0.15) is 12.3 Å². The molecule has 5 rings (SSSR count). The van der Waals surface area contributed by atoms with Gasteiger partial charge in [-0.3, -0.25) is 14.8 Å². The van der Waals surface area contributed by atoms with E-state index in [0.717, 1.165) is 34.3 Å². The van der Waals surface area contributed by atoms with Crippen LogP contribution in [0.1, 0.15) is 29.8 Å². The molecule has 8 nitrogen and oxygen atoms in total. The molecule has 8 heteroatoms. The number of ether oxygens (including phenoxy) is 1.